The number of hydrogen-bond donors (Lipinski definition) is 1. The van der Waals surface area contributed by atoms with Crippen LogP contribution in [-0.4, -0.2) is 82.0 Å². The molecule has 2 bridgehead atoms. The van der Waals surface area contributed by atoms with Crippen LogP contribution in [0, 0.1) is 23.0 Å². The number of halogens is 2. The summed E-state index contributed by atoms with van der Waals surface area (Å²) in [6.07, 6.45) is 1.03. The number of nitriles is 1. The molecule has 0 spiro atoms. The summed E-state index contributed by atoms with van der Waals surface area (Å²) in [6.45, 7) is 7.83. The number of fused-ring (bicyclic) bond motifs is 2. The molecule has 4 rings (SSSR count). The van der Waals surface area contributed by atoms with E-state index in [1.165, 1.54) is 17.0 Å². The first-order chi connectivity index (χ1) is 17.4. The number of rotatable bonds is 6. The largest absolute Gasteiger partial charge is 0.444 e. The quantitative estimate of drug-likeness (QED) is 0.622. The molecule has 9 nitrogen and oxygen atoms in total. The van der Waals surface area contributed by atoms with Crippen LogP contribution in [0.1, 0.15) is 58.6 Å². The molecule has 1 N–H and O–H groups in total. The van der Waals surface area contributed by atoms with E-state index >= 15 is 0 Å². The third-order valence-corrected chi connectivity index (χ3v) is 7.19. The highest BCUT2D eigenvalue weighted by Gasteiger charge is 2.52. The van der Waals surface area contributed by atoms with Gasteiger partial charge >= 0.3 is 6.09 Å². The summed E-state index contributed by atoms with van der Waals surface area (Å²) >= 11 is 0. The topological polar surface area (TPSA) is 106 Å². The first kappa shape index (κ1) is 26.8. The zero-order chi connectivity index (χ0) is 27.1. The van der Waals surface area contributed by atoms with Gasteiger partial charge in [-0.3, -0.25) is 14.5 Å². The molecule has 200 valence electrons. The monoisotopic (exact) mass is 517 g/mol. The fourth-order valence-corrected chi connectivity index (χ4v) is 5.61. The van der Waals surface area contributed by atoms with E-state index in [0.717, 1.165) is 6.07 Å². The fraction of sp³-hybridized carbons (Fsp3) is 0.615. The van der Waals surface area contributed by atoms with Gasteiger partial charge in [0.15, 0.2) is 0 Å². The van der Waals surface area contributed by atoms with Crippen LogP contribution in [-0.2, 0) is 14.3 Å². The van der Waals surface area contributed by atoms with Crippen LogP contribution in [0.2, 0.25) is 0 Å². The van der Waals surface area contributed by atoms with Crippen LogP contribution >= 0.6 is 0 Å². The van der Waals surface area contributed by atoms with Gasteiger partial charge in [0.25, 0.3) is 0 Å². The van der Waals surface area contributed by atoms with Gasteiger partial charge in [-0.05, 0) is 64.7 Å². The van der Waals surface area contributed by atoms with Crippen molar-refractivity contribution in [1.29, 1.82) is 5.26 Å². The molecule has 3 heterocycles. The molecule has 3 saturated heterocycles. The van der Waals surface area contributed by atoms with E-state index in [2.05, 4.69) is 11.4 Å². The zero-order valence-electron chi connectivity index (χ0n) is 21.5. The smallest absolute Gasteiger partial charge is 0.408 e. The van der Waals surface area contributed by atoms with Crippen LogP contribution in [0.5, 0.6) is 0 Å². The molecule has 0 aromatic heterocycles. The molecule has 0 saturated carbocycles. The van der Waals surface area contributed by atoms with Gasteiger partial charge in [0.1, 0.15) is 29.3 Å². The second-order valence-electron chi connectivity index (χ2n) is 11.0. The summed E-state index contributed by atoms with van der Waals surface area (Å²) < 4.78 is 32.9. The van der Waals surface area contributed by atoms with E-state index in [1.54, 1.807) is 32.6 Å². The predicted molar refractivity (Wildman–Crippen MR) is 129 cm³/mol. The number of carbonyl (C=O) groups excluding carboxylic acids is 3. The van der Waals surface area contributed by atoms with Crippen molar-refractivity contribution in [3.05, 3.63) is 35.4 Å². The Morgan fingerprint density at radius 3 is 2.51 bits per heavy atom. The Balaban J connectivity index is 1.49. The highest BCUT2D eigenvalue weighted by atomic mass is 19.1. The van der Waals surface area contributed by atoms with E-state index in [0.29, 0.717) is 37.9 Å². The van der Waals surface area contributed by atoms with Crippen LogP contribution in [0.4, 0.5) is 13.6 Å². The molecular formula is C26H33F2N5O4. The molecule has 11 heteroatoms. The van der Waals surface area contributed by atoms with Gasteiger partial charge in [0.2, 0.25) is 11.8 Å². The van der Waals surface area contributed by atoms with Crippen molar-refractivity contribution in [2.24, 2.45) is 0 Å². The van der Waals surface area contributed by atoms with Crippen molar-refractivity contribution in [3.8, 4) is 6.07 Å². The van der Waals surface area contributed by atoms with E-state index in [1.807, 2.05) is 4.90 Å². The second kappa shape index (κ2) is 10.2. The van der Waals surface area contributed by atoms with Gasteiger partial charge in [-0.2, -0.15) is 5.26 Å². The minimum atomic E-state index is -1.00. The summed E-state index contributed by atoms with van der Waals surface area (Å²) in [5.41, 5.74) is -0.392. The van der Waals surface area contributed by atoms with Crippen molar-refractivity contribution in [1.82, 2.24) is 20.0 Å². The van der Waals surface area contributed by atoms with Crippen LogP contribution < -0.4 is 5.32 Å². The van der Waals surface area contributed by atoms with Crippen molar-refractivity contribution in [2.45, 2.75) is 82.8 Å². The van der Waals surface area contributed by atoms with E-state index in [-0.39, 0.29) is 24.4 Å². The maximum atomic E-state index is 13.8. The lowest BCUT2D eigenvalue weighted by molar-refractivity contribution is -0.141. The predicted octanol–water partition coefficient (Wildman–Crippen LogP) is 2.72. The van der Waals surface area contributed by atoms with Gasteiger partial charge in [0, 0.05) is 31.7 Å². The molecule has 3 aliphatic rings. The Bertz CT molecular complexity index is 1100. The number of carbonyl (C=O) groups is 3. The molecule has 3 fully saturated rings. The molecule has 3 amide bonds. The Morgan fingerprint density at radius 1 is 1.24 bits per heavy atom. The van der Waals surface area contributed by atoms with Crippen molar-refractivity contribution in [3.63, 3.8) is 0 Å². The summed E-state index contributed by atoms with van der Waals surface area (Å²) in [4.78, 5) is 44.3. The molecule has 5 atom stereocenters. The number of amides is 3. The minimum Gasteiger partial charge on any atom is -0.444 e. The Labute approximate surface area is 215 Å². The minimum absolute atomic E-state index is 0.0798. The molecule has 1 aromatic rings. The number of ether oxygens (including phenoxy) is 1. The normalized spacial score (nSPS) is 25.2. The average Bonchev–Trinajstić information content (AvgIpc) is 3.50. The zero-order valence-corrected chi connectivity index (χ0v) is 21.5. The van der Waals surface area contributed by atoms with Crippen LogP contribution in [0.3, 0.4) is 0 Å². The SMILES string of the molecule is C[C@H](c1cc(F)cc(F)c1)N1C(=O)[C@@H]2CC1CN2C[C@H](NC(=O)OC(C)(C)C)C(=O)N1CCC[C@H]1C#N. The lowest BCUT2D eigenvalue weighted by Crippen LogP contribution is -2.59. The second-order valence-corrected chi connectivity index (χ2v) is 11.0. The van der Waals surface area contributed by atoms with Crippen molar-refractivity contribution < 1.29 is 27.9 Å². The molecule has 37 heavy (non-hydrogen) atoms. The van der Waals surface area contributed by atoms with Gasteiger partial charge in [-0.15, -0.1) is 0 Å². The number of alkyl carbamates (subject to hydrolysis) is 1. The van der Waals surface area contributed by atoms with Crippen molar-refractivity contribution >= 4 is 17.9 Å². The molecule has 3 aliphatic heterocycles. The maximum Gasteiger partial charge on any atom is 0.408 e. The number of benzene rings is 1. The first-order valence-electron chi connectivity index (χ1n) is 12.6. The number of piperazine rings is 1. The fourth-order valence-electron chi connectivity index (χ4n) is 5.61. The van der Waals surface area contributed by atoms with Crippen molar-refractivity contribution in [2.75, 3.05) is 19.6 Å². The molecule has 1 aromatic carbocycles. The lowest BCUT2D eigenvalue weighted by atomic mass is 10.0. The van der Waals surface area contributed by atoms with Gasteiger partial charge in [-0.1, -0.05) is 0 Å². The number of nitrogens with one attached hydrogen (secondary N) is 1. The Hall–Kier alpha value is -3.26. The number of likely N-dealkylation sites (tertiary alicyclic amines) is 3. The summed E-state index contributed by atoms with van der Waals surface area (Å²) in [7, 11) is 0. The lowest BCUT2D eigenvalue weighted by Gasteiger charge is -2.39. The number of nitrogens with zero attached hydrogens (tertiary/aromatic N) is 4. The Morgan fingerprint density at radius 2 is 1.92 bits per heavy atom. The van der Waals surface area contributed by atoms with E-state index in [4.69, 9.17) is 4.74 Å². The number of hydrogen-bond acceptors (Lipinski definition) is 6. The van der Waals surface area contributed by atoms with Gasteiger partial charge in [0.05, 0.1) is 18.2 Å². The standard InChI is InChI=1S/C26H33F2N5O4/c1-15(16-8-17(27)10-18(28)9-16)33-20-11-22(24(33)35)31(13-20)14-21(30-25(36)37-26(2,3)4)23(34)32-7-5-6-19(32)12-29/h8-10,15,19-22H,5-7,11,13-14H2,1-4H3,(H,30,36)/t15-,19+,20?,21+,22+/m1/s1. The van der Waals surface area contributed by atoms with Crippen LogP contribution in [0.25, 0.3) is 0 Å². The Kier molecular flexibility index (Phi) is 7.42. The summed E-state index contributed by atoms with van der Waals surface area (Å²) in [5.74, 6) is -1.97. The molecular weight excluding hydrogens is 484 g/mol. The van der Waals surface area contributed by atoms with Gasteiger partial charge < -0.3 is 19.9 Å². The highest BCUT2D eigenvalue weighted by Crippen LogP contribution is 2.38. The molecule has 0 radical (unpaired) electrons. The molecule has 0 aliphatic carbocycles. The first-order valence-corrected chi connectivity index (χ1v) is 12.6. The summed E-state index contributed by atoms with van der Waals surface area (Å²) in [5, 5.41) is 12.1. The van der Waals surface area contributed by atoms with Crippen LogP contribution in [0.15, 0.2) is 18.2 Å². The van der Waals surface area contributed by atoms with E-state index < -0.39 is 47.5 Å². The molecule has 1 unspecified atom stereocenters. The van der Waals surface area contributed by atoms with E-state index in [9.17, 15) is 28.4 Å². The summed E-state index contributed by atoms with van der Waals surface area (Å²) in [6, 6.07) is 2.59. The maximum absolute atomic E-state index is 13.8. The average molecular weight is 518 g/mol. The third kappa shape index (κ3) is 5.69. The van der Waals surface area contributed by atoms with Gasteiger partial charge in [-0.25, -0.2) is 13.6 Å². The highest BCUT2D eigenvalue weighted by molar-refractivity contribution is 5.88. The third-order valence-electron chi connectivity index (χ3n) is 7.19.